The number of amides is 1. The molecular formula is C19H26N2O2. The minimum Gasteiger partial charge on any atom is -0.497 e. The molecule has 0 N–H and O–H groups in total. The van der Waals surface area contributed by atoms with Gasteiger partial charge in [-0.1, -0.05) is 24.3 Å². The van der Waals surface area contributed by atoms with E-state index < -0.39 is 0 Å². The Kier molecular flexibility index (Phi) is 6.41. The first-order valence-corrected chi connectivity index (χ1v) is 8.07. The number of rotatable bonds is 8. The van der Waals surface area contributed by atoms with E-state index in [9.17, 15) is 4.79 Å². The van der Waals surface area contributed by atoms with Gasteiger partial charge in [-0.2, -0.15) is 0 Å². The van der Waals surface area contributed by atoms with Crippen molar-refractivity contribution in [1.29, 1.82) is 0 Å². The Labute approximate surface area is 139 Å². The molecule has 2 rings (SSSR count). The molecule has 1 aliphatic heterocycles. The number of likely N-dealkylation sites (tertiary alicyclic amines) is 1. The van der Waals surface area contributed by atoms with Crippen LogP contribution in [-0.4, -0.2) is 49.0 Å². The number of hydrogen-bond donors (Lipinski definition) is 0. The van der Waals surface area contributed by atoms with Crippen LogP contribution >= 0.6 is 0 Å². The average Bonchev–Trinajstić information content (AvgIpc) is 3.02. The molecule has 1 saturated heterocycles. The first kappa shape index (κ1) is 17.3. The van der Waals surface area contributed by atoms with Crippen molar-refractivity contribution < 1.29 is 9.53 Å². The average molecular weight is 314 g/mol. The normalized spacial score (nSPS) is 17.7. The van der Waals surface area contributed by atoms with Crippen LogP contribution in [0.25, 0.3) is 0 Å². The molecule has 1 heterocycles. The molecule has 4 heteroatoms. The summed E-state index contributed by atoms with van der Waals surface area (Å²) >= 11 is 0. The maximum Gasteiger partial charge on any atom is 0.237 e. The molecule has 1 atom stereocenters. The van der Waals surface area contributed by atoms with Gasteiger partial charge in [-0.15, -0.1) is 13.2 Å². The monoisotopic (exact) mass is 314 g/mol. The molecule has 0 radical (unpaired) electrons. The molecule has 0 aliphatic carbocycles. The fourth-order valence-corrected chi connectivity index (χ4v) is 3.08. The largest absolute Gasteiger partial charge is 0.497 e. The van der Waals surface area contributed by atoms with E-state index >= 15 is 0 Å². The Bertz CT molecular complexity index is 529. The second-order valence-electron chi connectivity index (χ2n) is 5.78. The van der Waals surface area contributed by atoms with Crippen LogP contribution in [0, 0.1) is 0 Å². The molecule has 1 aromatic rings. The third-order valence-electron chi connectivity index (χ3n) is 4.25. The first-order chi connectivity index (χ1) is 11.2. The number of carbonyl (C=O) groups is 1. The number of nitrogens with zero attached hydrogens (tertiary/aromatic N) is 2. The molecule has 23 heavy (non-hydrogen) atoms. The smallest absolute Gasteiger partial charge is 0.237 e. The van der Waals surface area contributed by atoms with Crippen LogP contribution in [-0.2, 0) is 4.79 Å². The van der Waals surface area contributed by atoms with Crippen LogP contribution in [0.1, 0.15) is 24.4 Å². The van der Waals surface area contributed by atoms with E-state index in [1.165, 1.54) is 5.56 Å². The van der Waals surface area contributed by atoms with Crippen LogP contribution < -0.4 is 4.74 Å². The van der Waals surface area contributed by atoms with Crippen LogP contribution in [0.5, 0.6) is 5.75 Å². The molecule has 0 bridgehead atoms. The van der Waals surface area contributed by atoms with Gasteiger partial charge < -0.3 is 9.64 Å². The summed E-state index contributed by atoms with van der Waals surface area (Å²) in [7, 11) is 1.67. The van der Waals surface area contributed by atoms with Crippen molar-refractivity contribution in [2.45, 2.75) is 18.9 Å². The molecule has 0 aromatic heterocycles. The third-order valence-corrected chi connectivity index (χ3v) is 4.25. The van der Waals surface area contributed by atoms with E-state index in [2.05, 4.69) is 30.2 Å². The molecule has 124 valence electrons. The highest BCUT2D eigenvalue weighted by atomic mass is 16.5. The van der Waals surface area contributed by atoms with Crippen molar-refractivity contribution in [1.82, 2.24) is 9.80 Å². The Morgan fingerprint density at radius 2 is 1.96 bits per heavy atom. The van der Waals surface area contributed by atoms with Crippen LogP contribution in [0.3, 0.4) is 0 Å². The van der Waals surface area contributed by atoms with Gasteiger partial charge in [0, 0.05) is 19.1 Å². The van der Waals surface area contributed by atoms with E-state index in [-0.39, 0.29) is 5.91 Å². The van der Waals surface area contributed by atoms with E-state index in [4.69, 9.17) is 4.74 Å². The van der Waals surface area contributed by atoms with E-state index in [0.717, 1.165) is 25.1 Å². The van der Waals surface area contributed by atoms with Crippen molar-refractivity contribution in [2.24, 2.45) is 0 Å². The Morgan fingerprint density at radius 3 is 2.52 bits per heavy atom. The Hall–Kier alpha value is -2.07. The van der Waals surface area contributed by atoms with Gasteiger partial charge in [0.25, 0.3) is 0 Å². The van der Waals surface area contributed by atoms with Crippen LogP contribution in [0.15, 0.2) is 49.6 Å². The Morgan fingerprint density at radius 1 is 1.30 bits per heavy atom. The minimum absolute atomic E-state index is 0.130. The highest BCUT2D eigenvalue weighted by molar-refractivity contribution is 5.78. The van der Waals surface area contributed by atoms with Gasteiger partial charge in [-0.25, -0.2) is 0 Å². The summed E-state index contributed by atoms with van der Waals surface area (Å²) in [4.78, 5) is 16.6. The van der Waals surface area contributed by atoms with Gasteiger partial charge in [-0.05, 0) is 37.1 Å². The lowest BCUT2D eigenvalue weighted by atomic mass is 10.0. The third kappa shape index (κ3) is 4.45. The number of ether oxygens (including phenoxy) is 1. The second-order valence-corrected chi connectivity index (χ2v) is 5.78. The van der Waals surface area contributed by atoms with Gasteiger partial charge in [-0.3, -0.25) is 9.69 Å². The summed E-state index contributed by atoms with van der Waals surface area (Å²) in [5.41, 5.74) is 1.25. The summed E-state index contributed by atoms with van der Waals surface area (Å²) in [6.45, 7) is 9.97. The molecule has 1 unspecified atom stereocenters. The van der Waals surface area contributed by atoms with Crippen molar-refractivity contribution in [2.75, 3.05) is 33.3 Å². The lowest BCUT2D eigenvalue weighted by Gasteiger charge is -2.27. The number of methoxy groups -OCH3 is 1. The summed E-state index contributed by atoms with van der Waals surface area (Å²) in [5.74, 6) is 0.989. The number of benzene rings is 1. The predicted molar refractivity (Wildman–Crippen MR) is 93.5 cm³/mol. The molecule has 1 aliphatic rings. The SMILES string of the molecule is C=CCN(CC=C)C(=O)CN1CCCC1c1ccc(OC)cc1. The highest BCUT2D eigenvalue weighted by Crippen LogP contribution is 2.32. The van der Waals surface area contributed by atoms with E-state index in [1.807, 2.05) is 12.1 Å². The quantitative estimate of drug-likeness (QED) is 0.692. The van der Waals surface area contributed by atoms with Gasteiger partial charge in [0.15, 0.2) is 0 Å². The summed E-state index contributed by atoms with van der Waals surface area (Å²) < 4.78 is 5.22. The van der Waals surface area contributed by atoms with Crippen molar-refractivity contribution in [3.63, 3.8) is 0 Å². The zero-order valence-corrected chi connectivity index (χ0v) is 13.9. The van der Waals surface area contributed by atoms with Gasteiger partial charge in [0.2, 0.25) is 5.91 Å². The zero-order chi connectivity index (χ0) is 16.7. The Balaban J connectivity index is 2.04. The molecule has 0 spiro atoms. The number of carbonyl (C=O) groups excluding carboxylic acids is 1. The molecule has 1 amide bonds. The van der Waals surface area contributed by atoms with Gasteiger partial charge in [0.1, 0.15) is 5.75 Å². The van der Waals surface area contributed by atoms with Crippen molar-refractivity contribution >= 4 is 5.91 Å². The van der Waals surface area contributed by atoms with E-state index in [1.54, 1.807) is 24.2 Å². The standard InChI is InChI=1S/C19H26N2O2/c1-4-12-20(13-5-2)19(22)15-21-14-6-7-18(21)16-8-10-17(23-3)11-9-16/h4-5,8-11,18H,1-2,6-7,12-15H2,3H3. The molecule has 0 saturated carbocycles. The molecule has 4 nitrogen and oxygen atoms in total. The summed E-state index contributed by atoms with van der Waals surface area (Å²) in [6.07, 6.45) is 5.72. The predicted octanol–water partition coefficient (Wildman–Crippen LogP) is 3.03. The maximum atomic E-state index is 12.5. The summed E-state index contributed by atoms with van der Waals surface area (Å²) in [5, 5.41) is 0. The maximum absolute atomic E-state index is 12.5. The molecule has 1 fully saturated rings. The summed E-state index contributed by atoms with van der Waals surface area (Å²) in [6, 6.07) is 8.46. The fourth-order valence-electron chi connectivity index (χ4n) is 3.08. The fraction of sp³-hybridized carbons (Fsp3) is 0.421. The van der Waals surface area contributed by atoms with Crippen molar-refractivity contribution in [3.8, 4) is 5.75 Å². The zero-order valence-electron chi connectivity index (χ0n) is 13.9. The first-order valence-electron chi connectivity index (χ1n) is 8.07. The van der Waals surface area contributed by atoms with Crippen LogP contribution in [0.4, 0.5) is 0 Å². The topological polar surface area (TPSA) is 32.8 Å². The lowest BCUT2D eigenvalue weighted by molar-refractivity contribution is -0.131. The number of hydrogen-bond acceptors (Lipinski definition) is 3. The van der Waals surface area contributed by atoms with Crippen LogP contribution in [0.2, 0.25) is 0 Å². The second kappa shape index (κ2) is 8.53. The molecule has 1 aromatic carbocycles. The van der Waals surface area contributed by atoms with Gasteiger partial charge >= 0.3 is 0 Å². The molecular weight excluding hydrogens is 288 g/mol. The minimum atomic E-state index is 0.130. The van der Waals surface area contributed by atoms with Gasteiger partial charge in [0.05, 0.1) is 13.7 Å². The van der Waals surface area contributed by atoms with E-state index in [0.29, 0.717) is 25.7 Å². The lowest BCUT2D eigenvalue weighted by Crippen LogP contribution is -2.40. The highest BCUT2D eigenvalue weighted by Gasteiger charge is 2.28. The van der Waals surface area contributed by atoms with Crippen molar-refractivity contribution in [3.05, 3.63) is 55.1 Å².